The van der Waals surface area contributed by atoms with Crippen molar-refractivity contribution in [1.29, 1.82) is 0 Å². The summed E-state index contributed by atoms with van der Waals surface area (Å²) in [5.41, 5.74) is 3.26. The molecule has 44 heavy (non-hydrogen) atoms. The van der Waals surface area contributed by atoms with Crippen molar-refractivity contribution < 1.29 is 29.6 Å². The molecule has 0 amide bonds. The number of aliphatic hydroxyl groups excluding tert-OH is 3. The second-order valence-corrected chi connectivity index (χ2v) is 15.9. The fourth-order valence-corrected chi connectivity index (χ4v) is 11.5. The average molecular weight is 603 g/mol. The molecule has 6 heteroatoms. The molecule has 3 N–H and O–H groups in total. The van der Waals surface area contributed by atoms with Crippen LogP contribution in [0.1, 0.15) is 91.2 Å². The molecule has 6 nitrogen and oxygen atoms in total. The molecule has 2 aliphatic heterocycles. The first-order chi connectivity index (χ1) is 20.9. The van der Waals surface area contributed by atoms with E-state index in [1.54, 1.807) is 0 Å². The summed E-state index contributed by atoms with van der Waals surface area (Å²) in [7, 11) is 0. The molecule has 2 saturated carbocycles. The maximum absolute atomic E-state index is 13.2. The largest absolute Gasteiger partial charge is 0.458 e. The van der Waals surface area contributed by atoms with Crippen LogP contribution in [-0.4, -0.2) is 46.4 Å². The molecule has 2 saturated heterocycles. The molecule has 6 aliphatic rings. The van der Waals surface area contributed by atoms with E-state index in [4.69, 9.17) is 9.47 Å². The van der Waals surface area contributed by atoms with Crippen molar-refractivity contribution in [1.82, 2.24) is 0 Å². The van der Waals surface area contributed by atoms with Crippen LogP contribution in [0.15, 0.2) is 65.3 Å². The van der Waals surface area contributed by atoms with Gasteiger partial charge < -0.3 is 24.8 Å². The number of hydrogen-bond donors (Lipinski definition) is 3. The van der Waals surface area contributed by atoms with E-state index in [0.29, 0.717) is 12.8 Å². The van der Waals surface area contributed by atoms with Crippen molar-refractivity contribution in [2.24, 2.45) is 45.3 Å². The average Bonchev–Trinajstić information content (AvgIpc) is 3.54. The van der Waals surface area contributed by atoms with E-state index in [-0.39, 0.29) is 59.3 Å². The van der Waals surface area contributed by atoms with Gasteiger partial charge in [0.25, 0.3) is 0 Å². The van der Waals surface area contributed by atoms with Crippen LogP contribution in [0.25, 0.3) is 0 Å². The molecular weight excluding hydrogens is 552 g/mol. The number of benzene rings is 1. The number of esters is 1. The number of hydrogen-bond acceptors (Lipinski definition) is 6. The number of cyclic esters (lactones) is 1. The molecule has 12 atom stereocenters. The van der Waals surface area contributed by atoms with Crippen molar-refractivity contribution in [3.63, 3.8) is 0 Å². The summed E-state index contributed by atoms with van der Waals surface area (Å²) in [6.45, 7) is 11.0. The van der Waals surface area contributed by atoms with Gasteiger partial charge in [-0.05, 0) is 91.2 Å². The predicted molar refractivity (Wildman–Crippen MR) is 168 cm³/mol. The number of carbonyl (C=O) groups excluding carboxylic acids is 1. The molecule has 4 fully saturated rings. The van der Waals surface area contributed by atoms with E-state index in [1.165, 1.54) is 11.1 Å². The van der Waals surface area contributed by atoms with Gasteiger partial charge in [-0.25, -0.2) is 0 Å². The molecule has 0 aromatic heterocycles. The SMILES string of the molecule is C/C(=C\[C@H]1C[C@@H]([C@@H]2CC=C3[C@]4(C)[C@H](O)C[C@@H]5[C@](C)(CC=C6C[C@@H](c7ccccc7)O[C@@H](O)[C@@]65C)[C@H]4CC[C@]32C)C(=O)O1)CO. The third kappa shape index (κ3) is 4.09. The van der Waals surface area contributed by atoms with Gasteiger partial charge in [0.1, 0.15) is 6.10 Å². The summed E-state index contributed by atoms with van der Waals surface area (Å²) >= 11 is 0. The Balaban J connectivity index is 1.18. The molecule has 0 unspecified atom stereocenters. The second-order valence-electron chi connectivity index (χ2n) is 15.9. The quantitative estimate of drug-likeness (QED) is 0.272. The van der Waals surface area contributed by atoms with Gasteiger partial charge in [0.2, 0.25) is 0 Å². The molecule has 238 valence electrons. The molecule has 0 bridgehead atoms. The maximum atomic E-state index is 13.2. The molecule has 7 rings (SSSR count). The van der Waals surface area contributed by atoms with Crippen LogP contribution >= 0.6 is 0 Å². The maximum Gasteiger partial charge on any atom is 0.310 e. The first-order valence-corrected chi connectivity index (χ1v) is 16.8. The highest BCUT2D eigenvalue weighted by Gasteiger charge is 2.70. The van der Waals surface area contributed by atoms with Crippen molar-refractivity contribution in [2.45, 2.75) is 104 Å². The van der Waals surface area contributed by atoms with Gasteiger partial charge in [0.15, 0.2) is 6.29 Å². The van der Waals surface area contributed by atoms with Gasteiger partial charge in [-0.1, -0.05) is 81.3 Å². The zero-order valence-electron chi connectivity index (χ0n) is 27.0. The number of rotatable bonds is 4. The fraction of sp³-hybridized carbons (Fsp3) is 0.658. The third-order valence-corrected chi connectivity index (χ3v) is 13.9. The van der Waals surface area contributed by atoms with Crippen LogP contribution in [0.4, 0.5) is 0 Å². The van der Waals surface area contributed by atoms with Crippen molar-refractivity contribution in [2.75, 3.05) is 6.61 Å². The number of fused-ring (bicyclic) bond motifs is 7. The summed E-state index contributed by atoms with van der Waals surface area (Å²) in [6.07, 6.45) is 10.5. The lowest BCUT2D eigenvalue weighted by Gasteiger charge is -2.69. The van der Waals surface area contributed by atoms with E-state index in [2.05, 4.69) is 52.0 Å². The normalized spacial score (nSPS) is 48.4. The minimum Gasteiger partial charge on any atom is -0.458 e. The van der Waals surface area contributed by atoms with Gasteiger partial charge in [0.05, 0.1) is 24.7 Å². The zero-order chi connectivity index (χ0) is 31.2. The molecule has 4 aliphatic carbocycles. The van der Waals surface area contributed by atoms with Gasteiger partial charge in [-0.3, -0.25) is 4.79 Å². The lowest BCUT2D eigenvalue weighted by Crippen LogP contribution is -2.66. The number of ether oxygens (including phenoxy) is 2. The Kier molecular flexibility index (Phi) is 7.17. The minimum atomic E-state index is -0.942. The summed E-state index contributed by atoms with van der Waals surface area (Å²) in [5.74, 6) is 0.168. The van der Waals surface area contributed by atoms with Crippen LogP contribution in [-0.2, 0) is 14.3 Å². The van der Waals surface area contributed by atoms with Crippen LogP contribution in [0.3, 0.4) is 0 Å². The molecule has 0 spiro atoms. The van der Waals surface area contributed by atoms with Crippen LogP contribution in [0.2, 0.25) is 0 Å². The Hall–Kier alpha value is -2.25. The van der Waals surface area contributed by atoms with Crippen LogP contribution in [0.5, 0.6) is 0 Å². The molecule has 1 aromatic carbocycles. The highest BCUT2D eigenvalue weighted by Crippen LogP contribution is 2.74. The first-order valence-electron chi connectivity index (χ1n) is 16.8. The Morgan fingerprint density at radius 1 is 1.02 bits per heavy atom. The Labute approximate surface area is 262 Å². The summed E-state index contributed by atoms with van der Waals surface area (Å²) < 4.78 is 12.2. The summed E-state index contributed by atoms with van der Waals surface area (Å²) in [6, 6.07) is 10.2. The third-order valence-electron chi connectivity index (χ3n) is 13.9. The Morgan fingerprint density at radius 2 is 1.77 bits per heavy atom. The molecule has 2 heterocycles. The van der Waals surface area contributed by atoms with Gasteiger partial charge in [-0.15, -0.1) is 0 Å². The standard InChI is InChI=1S/C38H50O6/c1-22(21-39)17-25-19-26(33(41)43-25)27-11-12-29-35(27,2)16-14-30-36(3)15-13-24-18-28(23-9-7-6-8-10-23)44-34(42)37(24,4)31(36)20-32(40)38(29,30)5/h6-10,12-13,17,25-28,30-32,34,39-40,42H,11,14-16,18-21H2,1-5H3/b22-17+/t25-,26-,27-,28-,30+,31+,32+,34+,35-,36+,37-,38-/m0/s1. The summed E-state index contributed by atoms with van der Waals surface area (Å²) in [5, 5.41) is 33.5. The van der Waals surface area contributed by atoms with Gasteiger partial charge in [0, 0.05) is 17.3 Å². The zero-order valence-corrected chi connectivity index (χ0v) is 27.0. The minimum absolute atomic E-state index is 0.0323. The van der Waals surface area contributed by atoms with E-state index in [1.807, 2.05) is 31.2 Å². The summed E-state index contributed by atoms with van der Waals surface area (Å²) in [4.78, 5) is 13.2. The van der Waals surface area contributed by atoms with Gasteiger partial charge >= 0.3 is 5.97 Å². The number of allylic oxidation sites excluding steroid dienone is 2. The topological polar surface area (TPSA) is 96.2 Å². The van der Waals surface area contributed by atoms with Crippen molar-refractivity contribution >= 4 is 5.97 Å². The monoisotopic (exact) mass is 602 g/mol. The van der Waals surface area contributed by atoms with E-state index >= 15 is 0 Å². The van der Waals surface area contributed by atoms with E-state index in [0.717, 1.165) is 43.2 Å². The van der Waals surface area contributed by atoms with E-state index < -0.39 is 23.2 Å². The van der Waals surface area contributed by atoms with Crippen molar-refractivity contribution in [3.05, 3.63) is 70.8 Å². The van der Waals surface area contributed by atoms with Crippen LogP contribution < -0.4 is 0 Å². The predicted octanol–water partition coefficient (Wildman–Crippen LogP) is 6.43. The highest BCUT2D eigenvalue weighted by atomic mass is 16.6. The fourth-order valence-electron chi connectivity index (χ4n) is 11.5. The highest BCUT2D eigenvalue weighted by molar-refractivity contribution is 5.76. The second kappa shape index (κ2) is 10.4. The lowest BCUT2D eigenvalue weighted by atomic mass is 9.37. The van der Waals surface area contributed by atoms with Crippen LogP contribution in [0, 0.1) is 45.3 Å². The Morgan fingerprint density at radius 3 is 2.50 bits per heavy atom. The number of aliphatic hydroxyl groups is 3. The lowest BCUT2D eigenvalue weighted by molar-refractivity contribution is -0.263. The molecular formula is C38H50O6. The smallest absolute Gasteiger partial charge is 0.310 e. The number of carbonyl (C=O) groups is 1. The van der Waals surface area contributed by atoms with E-state index in [9.17, 15) is 20.1 Å². The first kappa shape index (κ1) is 30.4. The van der Waals surface area contributed by atoms with Gasteiger partial charge in [-0.2, -0.15) is 0 Å². The molecule has 1 aromatic rings. The molecule has 0 radical (unpaired) electrons. The Bertz CT molecular complexity index is 1410. The van der Waals surface area contributed by atoms with Crippen molar-refractivity contribution in [3.8, 4) is 0 Å².